The van der Waals surface area contributed by atoms with Gasteiger partial charge < -0.3 is 4.90 Å². The largest absolute Gasteiger partial charge is 0.335 e. The summed E-state index contributed by atoms with van der Waals surface area (Å²) in [6.45, 7) is 8.14. The van der Waals surface area contributed by atoms with Gasteiger partial charge in [0.1, 0.15) is 0 Å². The molecule has 1 amide bonds. The lowest BCUT2D eigenvalue weighted by atomic mass is 10.0. The molecule has 0 aliphatic rings. The zero-order valence-electron chi connectivity index (χ0n) is 16.3. The van der Waals surface area contributed by atoms with Gasteiger partial charge >= 0.3 is 0 Å². The number of nitrogens with zero attached hydrogens (tertiary/aromatic N) is 4. The summed E-state index contributed by atoms with van der Waals surface area (Å²) < 4.78 is 1.76. The molecule has 2 heterocycles. The number of amides is 1. The second-order valence-corrected chi connectivity index (χ2v) is 7.16. The fraction of sp³-hybridized carbons (Fsp3) is 0.381. The molecule has 3 aromatic rings. The first-order chi connectivity index (χ1) is 12.3. The Morgan fingerprint density at radius 2 is 1.81 bits per heavy atom. The minimum absolute atomic E-state index is 0.00764. The third-order valence-electron chi connectivity index (χ3n) is 4.99. The van der Waals surface area contributed by atoms with E-state index in [0.29, 0.717) is 5.56 Å². The fourth-order valence-corrected chi connectivity index (χ4v) is 3.25. The van der Waals surface area contributed by atoms with Crippen LogP contribution in [0.15, 0.2) is 36.4 Å². The molecule has 0 N–H and O–H groups in total. The number of pyridine rings is 1. The van der Waals surface area contributed by atoms with Crippen LogP contribution in [-0.4, -0.2) is 32.6 Å². The van der Waals surface area contributed by atoms with Crippen molar-refractivity contribution in [3.05, 3.63) is 58.9 Å². The minimum atomic E-state index is -0.0219. The molecule has 0 aliphatic heterocycles. The SMILES string of the molecule is Cc1nn(C)c2nc(C(C)C)cc(C(=O)N(C)[C@H](C)c3ccccc3)c12. The first kappa shape index (κ1) is 18.1. The van der Waals surface area contributed by atoms with Gasteiger partial charge in [-0.1, -0.05) is 44.2 Å². The summed E-state index contributed by atoms with van der Waals surface area (Å²) in [5.41, 5.74) is 4.28. The Morgan fingerprint density at radius 3 is 2.42 bits per heavy atom. The number of hydrogen-bond acceptors (Lipinski definition) is 3. The van der Waals surface area contributed by atoms with Crippen LogP contribution in [-0.2, 0) is 7.05 Å². The molecule has 0 saturated heterocycles. The fourth-order valence-electron chi connectivity index (χ4n) is 3.25. The molecule has 0 fully saturated rings. The second kappa shape index (κ2) is 6.90. The van der Waals surface area contributed by atoms with Crippen molar-refractivity contribution in [2.24, 2.45) is 7.05 Å². The van der Waals surface area contributed by atoms with Crippen LogP contribution < -0.4 is 0 Å². The second-order valence-electron chi connectivity index (χ2n) is 7.16. The van der Waals surface area contributed by atoms with Gasteiger partial charge in [-0.25, -0.2) is 4.98 Å². The zero-order valence-corrected chi connectivity index (χ0v) is 16.3. The maximum atomic E-state index is 13.4. The Labute approximate surface area is 154 Å². The van der Waals surface area contributed by atoms with Crippen molar-refractivity contribution in [3.63, 3.8) is 0 Å². The van der Waals surface area contributed by atoms with Gasteiger partial charge in [0.05, 0.1) is 22.7 Å². The Bertz CT molecular complexity index is 944. The van der Waals surface area contributed by atoms with Gasteiger partial charge in [0, 0.05) is 19.8 Å². The molecule has 0 bridgehead atoms. The predicted octanol–water partition coefficient (Wildman–Crippen LogP) is 4.23. The lowest BCUT2D eigenvalue weighted by Crippen LogP contribution is -2.30. The van der Waals surface area contributed by atoms with Gasteiger partial charge in [-0.2, -0.15) is 5.10 Å². The van der Waals surface area contributed by atoms with E-state index in [1.165, 1.54) is 0 Å². The van der Waals surface area contributed by atoms with Gasteiger partial charge in [0.25, 0.3) is 5.91 Å². The summed E-state index contributed by atoms with van der Waals surface area (Å²) in [6.07, 6.45) is 0. The quantitative estimate of drug-likeness (QED) is 0.707. The van der Waals surface area contributed by atoms with E-state index in [1.807, 2.05) is 64.3 Å². The van der Waals surface area contributed by atoms with E-state index in [9.17, 15) is 4.79 Å². The van der Waals surface area contributed by atoms with Crippen LogP contribution >= 0.6 is 0 Å². The Kier molecular flexibility index (Phi) is 4.81. The average molecular weight is 350 g/mol. The maximum absolute atomic E-state index is 13.4. The molecule has 1 aromatic carbocycles. The van der Waals surface area contributed by atoms with Crippen molar-refractivity contribution in [2.45, 2.75) is 39.7 Å². The van der Waals surface area contributed by atoms with Crippen LogP contribution in [0.4, 0.5) is 0 Å². The number of rotatable bonds is 4. The summed E-state index contributed by atoms with van der Waals surface area (Å²) >= 11 is 0. The molecule has 3 rings (SSSR count). The minimum Gasteiger partial charge on any atom is -0.335 e. The van der Waals surface area contributed by atoms with Crippen molar-refractivity contribution in [2.75, 3.05) is 7.05 Å². The van der Waals surface area contributed by atoms with Crippen molar-refractivity contribution >= 4 is 16.9 Å². The molecule has 5 nitrogen and oxygen atoms in total. The van der Waals surface area contributed by atoms with Crippen molar-refractivity contribution < 1.29 is 4.79 Å². The summed E-state index contributed by atoms with van der Waals surface area (Å²) in [5, 5.41) is 5.32. The number of benzene rings is 1. The summed E-state index contributed by atoms with van der Waals surface area (Å²) in [5.74, 6) is 0.227. The number of carbonyl (C=O) groups is 1. The van der Waals surface area contributed by atoms with E-state index < -0.39 is 0 Å². The maximum Gasteiger partial charge on any atom is 0.254 e. The van der Waals surface area contributed by atoms with Crippen LogP contribution in [0.3, 0.4) is 0 Å². The average Bonchev–Trinajstić information content (AvgIpc) is 2.94. The molecule has 0 spiro atoms. The normalized spacial score (nSPS) is 12.6. The lowest BCUT2D eigenvalue weighted by molar-refractivity contribution is 0.0744. The molecule has 0 saturated carbocycles. The Morgan fingerprint density at radius 1 is 1.15 bits per heavy atom. The molecule has 0 aliphatic carbocycles. The van der Waals surface area contributed by atoms with Gasteiger partial charge in [0.15, 0.2) is 5.65 Å². The van der Waals surface area contributed by atoms with E-state index in [2.05, 4.69) is 18.9 Å². The third-order valence-corrected chi connectivity index (χ3v) is 4.99. The number of aryl methyl sites for hydroxylation is 2. The molecule has 1 atom stereocenters. The van der Waals surface area contributed by atoms with Gasteiger partial charge in [-0.15, -0.1) is 0 Å². The molecular formula is C21H26N4O. The van der Waals surface area contributed by atoms with Crippen LogP contribution in [0.2, 0.25) is 0 Å². The molecule has 5 heteroatoms. The van der Waals surface area contributed by atoms with E-state index in [1.54, 1.807) is 9.58 Å². The first-order valence-electron chi connectivity index (χ1n) is 8.97. The van der Waals surface area contributed by atoms with Gasteiger partial charge in [0.2, 0.25) is 0 Å². The predicted molar refractivity (Wildman–Crippen MR) is 104 cm³/mol. The zero-order chi connectivity index (χ0) is 19.0. The highest BCUT2D eigenvalue weighted by Gasteiger charge is 2.24. The highest BCUT2D eigenvalue weighted by Crippen LogP contribution is 2.28. The van der Waals surface area contributed by atoms with Crippen LogP contribution in [0.5, 0.6) is 0 Å². The summed E-state index contributed by atoms with van der Waals surface area (Å²) in [7, 11) is 3.73. The standard InChI is InChI=1S/C21H26N4O/c1-13(2)18-12-17(19-14(3)23-25(6)20(19)22-18)21(26)24(5)15(4)16-10-8-7-9-11-16/h7-13,15H,1-6H3/t15-/m1/s1. The highest BCUT2D eigenvalue weighted by atomic mass is 16.2. The lowest BCUT2D eigenvalue weighted by Gasteiger charge is -2.26. The highest BCUT2D eigenvalue weighted by molar-refractivity contribution is 6.06. The van der Waals surface area contributed by atoms with Crippen LogP contribution in [0.25, 0.3) is 11.0 Å². The van der Waals surface area contributed by atoms with E-state index in [-0.39, 0.29) is 17.9 Å². The van der Waals surface area contributed by atoms with Crippen molar-refractivity contribution in [1.29, 1.82) is 0 Å². The first-order valence-corrected chi connectivity index (χ1v) is 8.97. The van der Waals surface area contributed by atoms with Crippen LogP contribution in [0.1, 0.15) is 60.0 Å². The summed E-state index contributed by atoms with van der Waals surface area (Å²) in [6, 6.07) is 12.0. The van der Waals surface area contributed by atoms with Crippen molar-refractivity contribution in [1.82, 2.24) is 19.7 Å². The topological polar surface area (TPSA) is 51.0 Å². The van der Waals surface area contributed by atoms with Crippen LogP contribution in [0, 0.1) is 6.92 Å². The monoisotopic (exact) mass is 350 g/mol. The Hall–Kier alpha value is -2.69. The Balaban J connectivity index is 2.10. The van der Waals surface area contributed by atoms with Gasteiger partial charge in [-0.05, 0) is 31.4 Å². The smallest absolute Gasteiger partial charge is 0.254 e. The molecule has 136 valence electrons. The number of carbonyl (C=O) groups excluding carboxylic acids is 1. The molecule has 2 aromatic heterocycles. The number of fused-ring (bicyclic) bond motifs is 1. The number of hydrogen-bond donors (Lipinski definition) is 0. The van der Waals surface area contributed by atoms with E-state index in [4.69, 9.17) is 4.98 Å². The summed E-state index contributed by atoms with van der Waals surface area (Å²) in [4.78, 5) is 19.9. The molecule has 0 radical (unpaired) electrons. The van der Waals surface area contributed by atoms with Gasteiger partial charge in [-0.3, -0.25) is 9.48 Å². The van der Waals surface area contributed by atoms with Crippen molar-refractivity contribution in [3.8, 4) is 0 Å². The number of aromatic nitrogens is 3. The van der Waals surface area contributed by atoms with E-state index in [0.717, 1.165) is 28.0 Å². The third kappa shape index (κ3) is 3.09. The molecule has 26 heavy (non-hydrogen) atoms. The molecular weight excluding hydrogens is 324 g/mol. The van der Waals surface area contributed by atoms with E-state index >= 15 is 0 Å². The molecule has 0 unspecified atom stereocenters.